The molecule has 0 spiro atoms. The quantitative estimate of drug-likeness (QED) is 0.792. The van der Waals surface area contributed by atoms with Crippen molar-refractivity contribution in [1.29, 1.82) is 0 Å². The summed E-state index contributed by atoms with van der Waals surface area (Å²) in [5.41, 5.74) is 2.80. The number of carbonyl (C=O) groups is 2. The molecule has 7 nitrogen and oxygen atoms in total. The zero-order valence-electron chi connectivity index (χ0n) is 15.5. The molecular formula is C19H22N2O5. The SMILES string of the molecule is Cc1noc(C)c1-c1ccc([C@@H]2COC(=O)N2C(=O)OC(C)(C)C)cc1. The van der Waals surface area contributed by atoms with Gasteiger partial charge < -0.3 is 14.0 Å². The molecule has 0 aliphatic carbocycles. The molecule has 7 heteroatoms. The Morgan fingerprint density at radius 1 is 1.23 bits per heavy atom. The lowest BCUT2D eigenvalue weighted by Crippen LogP contribution is -2.38. The Balaban J connectivity index is 1.86. The first-order chi connectivity index (χ1) is 12.2. The average molecular weight is 358 g/mol. The number of amides is 2. The Morgan fingerprint density at radius 3 is 2.42 bits per heavy atom. The van der Waals surface area contributed by atoms with Gasteiger partial charge in [-0.3, -0.25) is 0 Å². The predicted molar refractivity (Wildman–Crippen MR) is 93.6 cm³/mol. The summed E-state index contributed by atoms with van der Waals surface area (Å²) in [6.07, 6.45) is -1.40. The lowest BCUT2D eigenvalue weighted by atomic mass is 10.00. The second kappa shape index (κ2) is 6.48. The molecule has 1 aliphatic rings. The monoisotopic (exact) mass is 358 g/mol. The van der Waals surface area contributed by atoms with Gasteiger partial charge in [0.05, 0.1) is 5.69 Å². The van der Waals surface area contributed by atoms with E-state index in [0.717, 1.165) is 33.0 Å². The van der Waals surface area contributed by atoms with Gasteiger partial charge in [0.15, 0.2) is 0 Å². The van der Waals surface area contributed by atoms with E-state index >= 15 is 0 Å². The number of aryl methyl sites for hydroxylation is 2. The van der Waals surface area contributed by atoms with Crippen molar-refractivity contribution in [3.8, 4) is 11.1 Å². The smallest absolute Gasteiger partial charge is 0.420 e. The first-order valence-corrected chi connectivity index (χ1v) is 8.39. The van der Waals surface area contributed by atoms with Gasteiger partial charge in [0, 0.05) is 5.56 Å². The molecule has 0 saturated carbocycles. The third-order valence-electron chi connectivity index (χ3n) is 4.08. The lowest BCUT2D eigenvalue weighted by Gasteiger charge is -2.25. The number of benzene rings is 1. The van der Waals surface area contributed by atoms with Gasteiger partial charge in [-0.05, 0) is 45.7 Å². The summed E-state index contributed by atoms with van der Waals surface area (Å²) in [5, 5.41) is 3.96. The topological polar surface area (TPSA) is 81.9 Å². The molecule has 1 atom stereocenters. The number of hydrogen-bond donors (Lipinski definition) is 0. The van der Waals surface area contributed by atoms with E-state index in [1.165, 1.54) is 0 Å². The minimum Gasteiger partial charge on any atom is -0.446 e. The van der Waals surface area contributed by atoms with Crippen molar-refractivity contribution < 1.29 is 23.6 Å². The molecule has 1 fully saturated rings. The molecule has 1 saturated heterocycles. The summed E-state index contributed by atoms with van der Waals surface area (Å²) in [6, 6.07) is 7.04. The van der Waals surface area contributed by atoms with Gasteiger partial charge in [0.2, 0.25) is 0 Å². The van der Waals surface area contributed by atoms with Crippen LogP contribution in [-0.4, -0.2) is 34.5 Å². The van der Waals surface area contributed by atoms with Crippen LogP contribution in [0.2, 0.25) is 0 Å². The summed E-state index contributed by atoms with van der Waals surface area (Å²) in [5.74, 6) is 0.741. The zero-order chi connectivity index (χ0) is 19.1. The first-order valence-electron chi connectivity index (χ1n) is 8.39. The van der Waals surface area contributed by atoms with Gasteiger partial charge in [0.25, 0.3) is 0 Å². The molecule has 0 bridgehead atoms. The van der Waals surface area contributed by atoms with E-state index < -0.39 is 23.8 Å². The van der Waals surface area contributed by atoms with Crippen LogP contribution in [-0.2, 0) is 9.47 Å². The van der Waals surface area contributed by atoms with Crippen molar-refractivity contribution in [2.45, 2.75) is 46.3 Å². The third kappa shape index (κ3) is 3.42. The number of aromatic nitrogens is 1. The number of imide groups is 1. The van der Waals surface area contributed by atoms with Crippen LogP contribution in [0.25, 0.3) is 11.1 Å². The van der Waals surface area contributed by atoms with E-state index in [1.807, 2.05) is 38.1 Å². The Hall–Kier alpha value is -2.83. The van der Waals surface area contributed by atoms with Crippen molar-refractivity contribution in [2.75, 3.05) is 6.61 Å². The average Bonchev–Trinajstić information content (AvgIpc) is 3.09. The van der Waals surface area contributed by atoms with E-state index in [4.69, 9.17) is 14.0 Å². The van der Waals surface area contributed by atoms with Crippen LogP contribution in [0.1, 0.15) is 43.8 Å². The number of nitrogens with zero attached hydrogens (tertiary/aromatic N) is 2. The largest absolute Gasteiger partial charge is 0.446 e. The van der Waals surface area contributed by atoms with Crippen molar-refractivity contribution in [2.24, 2.45) is 0 Å². The Kier molecular flexibility index (Phi) is 4.48. The number of rotatable bonds is 2. The van der Waals surface area contributed by atoms with Crippen LogP contribution in [0.15, 0.2) is 28.8 Å². The van der Waals surface area contributed by atoms with Crippen molar-refractivity contribution >= 4 is 12.2 Å². The maximum Gasteiger partial charge on any atom is 0.420 e. The molecule has 0 radical (unpaired) electrons. The molecule has 3 rings (SSSR count). The zero-order valence-corrected chi connectivity index (χ0v) is 15.5. The van der Waals surface area contributed by atoms with Gasteiger partial charge in [-0.2, -0.15) is 0 Å². The van der Waals surface area contributed by atoms with Crippen LogP contribution in [0.4, 0.5) is 9.59 Å². The number of cyclic esters (lactones) is 1. The molecule has 1 aromatic carbocycles. The molecular weight excluding hydrogens is 336 g/mol. The van der Waals surface area contributed by atoms with Crippen LogP contribution < -0.4 is 0 Å². The maximum atomic E-state index is 12.4. The van der Waals surface area contributed by atoms with E-state index in [1.54, 1.807) is 20.8 Å². The second-order valence-corrected chi connectivity index (χ2v) is 7.26. The fraction of sp³-hybridized carbons (Fsp3) is 0.421. The second-order valence-electron chi connectivity index (χ2n) is 7.26. The van der Waals surface area contributed by atoms with Crippen molar-refractivity contribution in [1.82, 2.24) is 10.1 Å². The fourth-order valence-corrected chi connectivity index (χ4v) is 2.95. The number of ether oxygens (including phenoxy) is 2. The summed E-state index contributed by atoms with van der Waals surface area (Å²) >= 11 is 0. The molecule has 26 heavy (non-hydrogen) atoms. The molecule has 2 amide bonds. The first kappa shape index (κ1) is 18.0. The lowest BCUT2D eigenvalue weighted by molar-refractivity contribution is 0.0290. The highest BCUT2D eigenvalue weighted by Crippen LogP contribution is 2.32. The van der Waals surface area contributed by atoms with Gasteiger partial charge >= 0.3 is 12.2 Å². The van der Waals surface area contributed by atoms with Gasteiger partial charge in [-0.25, -0.2) is 14.5 Å². The minimum absolute atomic E-state index is 0.0999. The standard InChI is InChI=1S/C19H22N2O5/c1-11-16(12(2)26-20-11)14-8-6-13(7-9-14)15-10-24-17(22)21(15)18(23)25-19(3,4)5/h6-9,15H,10H2,1-5H3/t15-/m0/s1. The third-order valence-corrected chi connectivity index (χ3v) is 4.08. The Bertz CT molecular complexity index is 813. The van der Waals surface area contributed by atoms with E-state index in [9.17, 15) is 9.59 Å². The van der Waals surface area contributed by atoms with Crippen LogP contribution in [0.5, 0.6) is 0 Å². The van der Waals surface area contributed by atoms with Gasteiger partial charge in [0.1, 0.15) is 24.0 Å². The van der Waals surface area contributed by atoms with Crippen molar-refractivity contribution in [3.63, 3.8) is 0 Å². The minimum atomic E-state index is -0.709. The Morgan fingerprint density at radius 2 is 1.88 bits per heavy atom. The summed E-state index contributed by atoms with van der Waals surface area (Å²) in [7, 11) is 0. The molecule has 138 valence electrons. The highest BCUT2D eigenvalue weighted by Gasteiger charge is 2.41. The molecule has 2 aromatic rings. The summed E-state index contributed by atoms with van der Waals surface area (Å²) in [4.78, 5) is 25.4. The summed E-state index contributed by atoms with van der Waals surface area (Å²) < 4.78 is 15.6. The molecule has 2 heterocycles. The molecule has 0 N–H and O–H groups in total. The van der Waals surface area contributed by atoms with Gasteiger partial charge in [-0.15, -0.1) is 0 Å². The molecule has 1 aliphatic heterocycles. The van der Waals surface area contributed by atoms with E-state index in [2.05, 4.69) is 5.16 Å². The molecule has 0 unspecified atom stereocenters. The highest BCUT2D eigenvalue weighted by atomic mass is 16.6. The van der Waals surface area contributed by atoms with E-state index in [0.29, 0.717) is 0 Å². The summed E-state index contributed by atoms with van der Waals surface area (Å²) in [6.45, 7) is 9.09. The maximum absolute atomic E-state index is 12.4. The number of hydrogen-bond acceptors (Lipinski definition) is 6. The van der Waals surface area contributed by atoms with Crippen LogP contribution in [0, 0.1) is 13.8 Å². The normalized spacial score (nSPS) is 17.3. The Labute approximate surface area is 151 Å². The van der Waals surface area contributed by atoms with E-state index in [-0.39, 0.29) is 6.61 Å². The van der Waals surface area contributed by atoms with Crippen LogP contribution in [0.3, 0.4) is 0 Å². The fourth-order valence-electron chi connectivity index (χ4n) is 2.95. The van der Waals surface area contributed by atoms with Crippen molar-refractivity contribution in [3.05, 3.63) is 41.3 Å². The highest BCUT2D eigenvalue weighted by molar-refractivity contribution is 5.90. The van der Waals surface area contributed by atoms with Gasteiger partial charge in [-0.1, -0.05) is 29.4 Å². The number of carbonyl (C=O) groups excluding carboxylic acids is 2. The van der Waals surface area contributed by atoms with Crippen LogP contribution >= 0.6 is 0 Å². The molecule has 1 aromatic heterocycles. The predicted octanol–water partition coefficient (Wildman–Crippen LogP) is 4.39.